The van der Waals surface area contributed by atoms with Gasteiger partial charge in [0.25, 0.3) is 5.91 Å². The largest absolute Gasteiger partial charge is 0.484 e. The van der Waals surface area contributed by atoms with Gasteiger partial charge in [0.2, 0.25) is 5.91 Å². The van der Waals surface area contributed by atoms with Crippen LogP contribution in [-0.2, 0) is 16.0 Å². The third-order valence-corrected chi connectivity index (χ3v) is 6.30. The van der Waals surface area contributed by atoms with Crippen LogP contribution < -0.4 is 10.1 Å². The molecule has 0 radical (unpaired) electrons. The molecule has 0 bridgehead atoms. The number of nitrogens with one attached hydrogen (secondary N) is 1. The maximum absolute atomic E-state index is 12.3. The van der Waals surface area contributed by atoms with Gasteiger partial charge in [0.05, 0.1) is 0 Å². The Morgan fingerprint density at radius 2 is 1.93 bits per heavy atom. The number of nitrogens with zero attached hydrogens (tertiary/aromatic N) is 1. The normalized spacial score (nSPS) is 14.8. The smallest absolute Gasteiger partial charge is 0.260 e. The number of carbonyl (C=O) groups excluding carboxylic acids is 2. The molecule has 0 aliphatic carbocycles. The predicted octanol–water partition coefficient (Wildman–Crippen LogP) is 3.33. The second-order valence-electron chi connectivity index (χ2n) is 6.52. The quantitative estimate of drug-likeness (QED) is 0.596. The van der Waals surface area contributed by atoms with Gasteiger partial charge in [0.1, 0.15) is 5.75 Å². The van der Waals surface area contributed by atoms with Crippen LogP contribution in [0.2, 0.25) is 0 Å². The van der Waals surface area contributed by atoms with E-state index in [1.807, 2.05) is 35.7 Å². The molecule has 0 saturated carbocycles. The summed E-state index contributed by atoms with van der Waals surface area (Å²) < 4.78 is 6.69. The minimum Gasteiger partial charge on any atom is -0.484 e. The monoisotopic (exact) mass is 498 g/mol. The molecule has 2 heterocycles. The maximum atomic E-state index is 12.3. The van der Waals surface area contributed by atoms with Crippen molar-refractivity contribution in [3.63, 3.8) is 0 Å². The van der Waals surface area contributed by atoms with Crippen LogP contribution >= 0.6 is 33.9 Å². The zero-order valence-electron chi connectivity index (χ0n) is 15.0. The zero-order chi connectivity index (χ0) is 19.1. The summed E-state index contributed by atoms with van der Waals surface area (Å²) in [6.45, 7) is 1.93. The first-order valence-electron chi connectivity index (χ1n) is 9.08. The Balaban J connectivity index is 1.35. The van der Waals surface area contributed by atoms with Crippen LogP contribution in [0.25, 0.3) is 0 Å². The van der Waals surface area contributed by atoms with E-state index in [0.717, 1.165) is 9.99 Å². The average molecular weight is 498 g/mol. The fourth-order valence-corrected chi connectivity index (χ4v) is 4.13. The standard InChI is InChI=1S/C20H23IN2O3S/c21-16-3-5-17(6-4-16)26-14-19(24)23-11-8-15(9-12-23)20(25)22-10-7-18-2-1-13-27-18/h1-6,13,15H,7-12,14H2,(H,22,25). The van der Waals surface area contributed by atoms with E-state index in [4.69, 9.17) is 4.74 Å². The first kappa shape index (κ1) is 20.1. The topological polar surface area (TPSA) is 58.6 Å². The lowest BCUT2D eigenvalue weighted by Crippen LogP contribution is -2.44. The number of hydrogen-bond acceptors (Lipinski definition) is 4. The SMILES string of the molecule is O=C(NCCc1cccs1)C1CCN(C(=O)COc2ccc(I)cc2)CC1. The molecule has 27 heavy (non-hydrogen) atoms. The predicted molar refractivity (Wildman–Crippen MR) is 115 cm³/mol. The van der Waals surface area contributed by atoms with Gasteiger partial charge in [-0.15, -0.1) is 11.3 Å². The molecule has 1 aromatic carbocycles. The van der Waals surface area contributed by atoms with E-state index in [9.17, 15) is 9.59 Å². The molecule has 2 amide bonds. The highest BCUT2D eigenvalue weighted by molar-refractivity contribution is 14.1. The number of rotatable bonds is 7. The van der Waals surface area contributed by atoms with Crippen molar-refractivity contribution in [3.8, 4) is 5.75 Å². The summed E-state index contributed by atoms with van der Waals surface area (Å²) in [5.74, 6) is 0.775. The summed E-state index contributed by atoms with van der Waals surface area (Å²) in [7, 11) is 0. The van der Waals surface area contributed by atoms with E-state index >= 15 is 0 Å². The summed E-state index contributed by atoms with van der Waals surface area (Å²) >= 11 is 3.94. The van der Waals surface area contributed by atoms with Gasteiger partial charge in [-0.1, -0.05) is 6.07 Å². The van der Waals surface area contributed by atoms with Crippen molar-refractivity contribution >= 4 is 45.7 Å². The highest BCUT2D eigenvalue weighted by Crippen LogP contribution is 2.18. The molecule has 0 unspecified atom stereocenters. The third kappa shape index (κ3) is 6.21. The lowest BCUT2D eigenvalue weighted by atomic mass is 9.96. The fraction of sp³-hybridized carbons (Fsp3) is 0.400. The second-order valence-corrected chi connectivity index (χ2v) is 8.80. The van der Waals surface area contributed by atoms with Crippen LogP contribution in [0.5, 0.6) is 5.75 Å². The first-order valence-corrected chi connectivity index (χ1v) is 11.0. The number of benzene rings is 1. The molecule has 1 N–H and O–H groups in total. The maximum Gasteiger partial charge on any atom is 0.260 e. The Hall–Kier alpha value is -1.61. The number of carbonyl (C=O) groups is 2. The number of halogens is 1. The zero-order valence-corrected chi connectivity index (χ0v) is 18.0. The van der Waals surface area contributed by atoms with E-state index in [1.54, 1.807) is 16.2 Å². The summed E-state index contributed by atoms with van der Waals surface area (Å²) in [5.41, 5.74) is 0. The molecular formula is C20H23IN2O3S. The number of ether oxygens (including phenoxy) is 1. The molecule has 0 spiro atoms. The Labute approximate surface area is 177 Å². The summed E-state index contributed by atoms with van der Waals surface area (Å²) in [6.07, 6.45) is 2.29. The van der Waals surface area contributed by atoms with E-state index in [-0.39, 0.29) is 24.3 Å². The lowest BCUT2D eigenvalue weighted by molar-refractivity contribution is -0.137. The Bertz CT molecular complexity index is 741. The van der Waals surface area contributed by atoms with Crippen LogP contribution in [0.4, 0.5) is 0 Å². The van der Waals surface area contributed by atoms with Gasteiger partial charge < -0.3 is 15.0 Å². The minimum atomic E-state index is -0.0231. The van der Waals surface area contributed by atoms with Crippen molar-refractivity contribution in [2.45, 2.75) is 19.3 Å². The summed E-state index contributed by atoms with van der Waals surface area (Å²) in [5, 5.41) is 5.07. The lowest BCUT2D eigenvalue weighted by Gasteiger charge is -2.31. The fourth-order valence-electron chi connectivity index (χ4n) is 3.07. The molecule has 1 aliphatic heterocycles. The minimum absolute atomic E-state index is 0.00509. The van der Waals surface area contributed by atoms with Crippen molar-refractivity contribution in [1.82, 2.24) is 10.2 Å². The number of piperidine rings is 1. The van der Waals surface area contributed by atoms with Gasteiger partial charge in [-0.05, 0) is 77.6 Å². The molecule has 0 atom stereocenters. The highest BCUT2D eigenvalue weighted by atomic mass is 127. The van der Waals surface area contributed by atoms with Crippen molar-refractivity contribution in [1.29, 1.82) is 0 Å². The highest BCUT2D eigenvalue weighted by Gasteiger charge is 2.27. The molecule has 1 saturated heterocycles. The van der Waals surface area contributed by atoms with Crippen LogP contribution in [0.3, 0.4) is 0 Å². The molecule has 1 fully saturated rings. The molecule has 1 aromatic heterocycles. The number of hydrogen-bond donors (Lipinski definition) is 1. The van der Waals surface area contributed by atoms with E-state index in [0.29, 0.717) is 38.2 Å². The second kappa shape index (κ2) is 10.1. The Kier molecular flexibility index (Phi) is 7.51. The average Bonchev–Trinajstić information content (AvgIpc) is 3.21. The van der Waals surface area contributed by atoms with Crippen molar-refractivity contribution in [2.24, 2.45) is 5.92 Å². The van der Waals surface area contributed by atoms with E-state index in [1.165, 1.54) is 4.88 Å². The van der Waals surface area contributed by atoms with Gasteiger partial charge in [-0.3, -0.25) is 9.59 Å². The number of amides is 2. The van der Waals surface area contributed by atoms with Gasteiger partial charge in [0.15, 0.2) is 6.61 Å². The molecule has 3 rings (SSSR count). The Morgan fingerprint density at radius 3 is 2.59 bits per heavy atom. The van der Waals surface area contributed by atoms with Crippen molar-refractivity contribution in [3.05, 3.63) is 50.2 Å². The molecule has 7 heteroatoms. The van der Waals surface area contributed by atoms with Gasteiger partial charge in [0, 0.05) is 34.0 Å². The molecular weight excluding hydrogens is 475 g/mol. The van der Waals surface area contributed by atoms with Crippen LogP contribution in [0.15, 0.2) is 41.8 Å². The van der Waals surface area contributed by atoms with Gasteiger partial charge >= 0.3 is 0 Å². The van der Waals surface area contributed by atoms with Crippen LogP contribution in [0, 0.1) is 9.49 Å². The van der Waals surface area contributed by atoms with E-state index < -0.39 is 0 Å². The summed E-state index contributed by atoms with van der Waals surface area (Å²) in [6, 6.07) is 11.7. The van der Waals surface area contributed by atoms with Crippen LogP contribution in [-0.4, -0.2) is 43.0 Å². The number of likely N-dealkylation sites (tertiary alicyclic amines) is 1. The molecule has 5 nitrogen and oxygen atoms in total. The third-order valence-electron chi connectivity index (χ3n) is 4.65. The van der Waals surface area contributed by atoms with Crippen molar-refractivity contribution < 1.29 is 14.3 Å². The molecule has 2 aromatic rings. The van der Waals surface area contributed by atoms with Crippen molar-refractivity contribution in [2.75, 3.05) is 26.2 Å². The van der Waals surface area contributed by atoms with Crippen LogP contribution in [0.1, 0.15) is 17.7 Å². The number of thiophene rings is 1. The molecule has 144 valence electrons. The van der Waals surface area contributed by atoms with E-state index in [2.05, 4.69) is 34.0 Å². The van der Waals surface area contributed by atoms with Gasteiger partial charge in [-0.2, -0.15) is 0 Å². The molecule has 1 aliphatic rings. The van der Waals surface area contributed by atoms with Gasteiger partial charge in [-0.25, -0.2) is 0 Å². The Morgan fingerprint density at radius 1 is 1.19 bits per heavy atom. The summed E-state index contributed by atoms with van der Waals surface area (Å²) in [4.78, 5) is 27.7. The first-order chi connectivity index (χ1) is 13.1.